The molecule has 1 saturated heterocycles. The van der Waals surface area contributed by atoms with Gasteiger partial charge in [0.05, 0.1) is 22.9 Å². The standard InChI is InChI=1S/C25H27ClN6O/c26-23-22(16-28-32(24(23)33)25-29-20-8-4-5-9-21(20)30-25)27-13-10-18-11-14-31(15-12-18)17-19-6-2-1-3-7-19/h1-9,16,18,27H,10-15,17H2,(H,29,30). The number of nitrogens with one attached hydrogen (secondary N) is 2. The first-order valence-corrected chi connectivity index (χ1v) is 11.8. The second-order valence-corrected chi connectivity index (χ2v) is 8.97. The van der Waals surface area contributed by atoms with Crippen LogP contribution in [0.4, 0.5) is 5.69 Å². The number of aromatic nitrogens is 4. The third kappa shape index (κ3) is 4.94. The smallest absolute Gasteiger partial charge is 0.295 e. The SMILES string of the molecule is O=c1c(Cl)c(NCCC2CCN(Cc3ccccc3)CC2)cnn1-c1nc2ccccc2[nH]1. The molecular formula is C25H27ClN6O. The Hall–Kier alpha value is -3.16. The Morgan fingerprint density at radius 3 is 2.61 bits per heavy atom. The van der Waals surface area contributed by atoms with E-state index in [0.29, 0.717) is 17.6 Å². The van der Waals surface area contributed by atoms with E-state index in [1.807, 2.05) is 24.3 Å². The number of imidazole rings is 1. The largest absolute Gasteiger partial charge is 0.382 e. The topological polar surface area (TPSA) is 78.8 Å². The molecule has 7 nitrogen and oxygen atoms in total. The number of piperidine rings is 1. The van der Waals surface area contributed by atoms with E-state index in [2.05, 4.69) is 55.6 Å². The zero-order valence-electron chi connectivity index (χ0n) is 18.4. The molecule has 0 unspecified atom stereocenters. The normalized spacial score (nSPS) is 15.2. The van der Waals surface area contributed by atoms with Crippen molar-refractivity contribution < 1.29 is 0 Å². The Morgan fingerprint density at radius 2 is 1.82 bits per heavy atom. The number of rotatable bonds is 7. The fraction of sp³-hybridized carbons (Fsp3) is 0.320. The lowest BCUT2D eigenvalue weighted by molar-refractivity contribution is 0.174. The van der Waals surface area contributed by atoms with E-state index in [4.69, 9.17) is 11.6 Å². The molecule has 2 N–H and O–H groups in total. The maximum atomic E-state index is 12.8. The van der Waals surface area contributed by atoms with Crippen LogP contribution in [0.1, 0.15) is 24.8 Å². The zero-order valence-corrected chi connectivity index (χ0v) is 19.1. The predicted molar refractivity (Wildman–Crippen MR) is 132 cm³/mol. The molecule has 0 amide bonds. The van der Waals surface area contributed by atoms with Gasteiger partial charge in [-0.05, 0) is 56.0 Å². The van der Waals surface area contributed by atoms with Crippen molar-refractivity contribution in [3.63, 3.8) is 0 Å². The maximum Gasteiger partial charge on any atom is 0.295 e. The molecule has 0 radical (unpaired) electrons. The van der Waals surface area contributed by atoms with E-state index < -0.39 is 5.56 Å². The lowest BCUT2D eigenvalue weighted by Crippen LogP contribution is -2.33. The highest BCUT2D eigenvalue weighted by atomic mass is 35.5. The summed E-state index contributed by atoms with van der Waals surface area (Å²) in [7, 11) is 0. The molecule has 3 heterocycles. The molecule has 2 aromatic carbocycles. The van der Waals surface area contributed by atoms with Crippen molar-refractivity contribution in [3.05, 3.63) is 81.7 Å². The number of likely N-dealkylation sites (tertiary alicyclic amines) is 1. The molecule has 0 bridgehead atoms. The van der Waals surface area contributed by atoms with Gasteiger partial charge in [0, 0.05) is 13.1 Å². The van der Waals surface area contributed by atoms with Gasteiger partial charge in [0.2, 0.25) is 5.95 Å². The number of anilines is 1. The van der Waals surface area contributed by atoms with Gasteiger partial charge in [-0.25, -0.2) is 4.98 Å². The zero-order chi connectivity index (χ0) is 22.6. The number of halogens is 1. The van der Waals surface area contributed by atoms with Crippen LogP contribution < -0.4 is 10.9 Å². The number of nitrogens with zero attached hydrogens (tertiary/aromatic N) is 4. The Balaban J connectivity index is 1.15. The maximum absolute atomic E-state index is 12.8. The summed E-state index contributed by atoms with van der Waals surface area (Å²) in [5.41, 5.74) is 3.16. The summed E-state index contributed by atoms with van der Waals surface area (Å²) in [5, 5.41) is 7.71. The predicted octanol–water partition coefficient (Wildman–Crippen LogP) is 4.48. The van der Waals surface area contributed by atoms with E-state index in [0.717, 1.165) is 43.6 Å². The first kappa shape index (κ1) is 21.7. The first-order valence-electron chi connectivity index (χ1n) is 11.4. The Kier molecular flexibility index (Phi) is 6.41. The quantitative estimate of drug-likeness (QED) is 0.423. The first-order chi connectivity index (χ1) is 16.2. The van der Waals surface area contributed by atoms with Gasteiger partial charge in [0.1, 0.15) is 5.02 Å². The molecule has 5 rings (SSSR count). The van der Waals surface area contributed by atoms with Crippen molar-refractivity contribution in [1.82, 2.24) is 24.6 Å². The third-order valence-corrected chi connectivity index (χ3v) is 6.69. The molecule has 2 aromatic heterocycles. The van der Waals surface area contributed by atoms with Gasteiger partial charge in [-0.2, -0.15) is 9.78 Å². The summed E-state index contributed by atoms with van der Waals surface area (Å²) in [4.78, 5) is 22.8. The summed E-state index contributed by atoms with van der Waals surface area (Å²) in [6, 6.07) is 18.2. The highest BCUT2D eigenvalue weighted by Crippen LogP contribution is 2.23. The number of para-hydroxylation sites is 2. The summed E-state index contributed by atoms with van der Waals surface area (Å²) in [6.07, 6.45) is 5.02. The van der Waals surface area contributed by atoms with E-state index in [-0.39, 0.29) is 5.02 Å². The van der Waals surface area contributed by atoms with Gasteiger partial charge in [-0.3, -0.25) is 9.69 Å². The number of H-pyrrole nitrogens is 1. The summed E-state index contributed by atoms with van der Waals surface area (Å²) in [5.74, 6) is 1.03. The van der Waals surface area contributed by atoms with Crippen LogP contribution >= 0.6 is 11.6 Å². The minimum absolute atomic E-state index is 0.128. The van der Waals surface area contributed by atoms with Crippen LogP contribution in [-0.2, 0) is 6.54 Å². The van der Waals surface area contributed by atoms with Crippen LogP contribution in [0.2, 0.25) is 5.02 Å². The van der Waals surface area contributed by atoms with Crippen molar-refractivity contribution in [1.29, 1.82) is 0 Å². The van der Waals surface area contributed by atoms with Gasteiger partial charge in [0.25, 0.3) is 5.56 Å². The molecule has 1 aliphatic heterocycles. The Labute approximate surface area is 197 Å². The number of hydrogen-bond donors (Lipinski definition) is 2. The van der Waals surface area contributed by atoms with Crippen molar-refractivity contribution in [3.8, 4) is 5.95 Å². The van der Waals surface area contributed by atoms with E-state index in [1.165, 1.54) is 23.1 Å². The molecule has 8 heteroatoms. The van der Waals surface area contributed by atoms with Crippen molar-refractivity contribution >= 4 is 28.3 Å². The van der Waals surface area contributed by atoms with Gasteiger partial charge < -0.3 is 10.3 Å². The van der Waals surface area contributed by atoms with Crippen LogP contribution in [0, 0.1) is 5.92 Å². The molecule has 170 valence electrons. The lowest BCUT2D eigenvalue weighted by atomic mass is 9.93. The molecule has 1 fully saturated rings. The number of aromatic amines is 1. The lowest BCUT2D eigenvalue weighted by Gasteiger charge is -2.32. The number of fused-ring (bicyclic) bond motifs is 1. The highest BCUT2D eigenvalue weighted by molar-refractivity contribution is 6.32. The number of hydrogen-bond acceptors (Lipinski definition) is 5. The minimum atomic E-state index is -0.394. The minimum Gasteiger partial charge on any atom is -0.382 e. The van der Waals surface area contributed by atoms with Gasteiger partial charge in [0.15, 0.2) is 0 Å². The highest BCUT2D eigenvalue weighted by Gasteiger charge is 2.19. The molecule has 1 aliphatic rings. The summed E-state index contributed by atoms with van der Waals surface area (Å²) >= 11 is 6.38. The van der Waals surface area contributed by atoms with Gasteiger partial charge >= 0.3 is 0 Å². The van der Waals surface area contributed by atoms with Crippen molar-refractivity contribution in [2.75, 3.05) is 25.0 Å². The molecule has 0 aliphatic carbocycles. The molecule has 33 heavy (non-hydrogen) atoms. The number of benzene rings is 2. The van der Waals surface area contributed by atoms with Crippen LogP contribution in [0.5, 0.6) is 0 Å². The Morgan fingerprint density at radius 1 is 1.06 bits per heavy atom. The summed E-state index contributed by atoms with van der Waals surface area (Å²) < 4.78 is 1.20. The van der Waals surface area contributed by atoms with Crippen LogP contribution in [0.3, 0.4) is 0 Å². The molecule has 0 spiro atoms. The van der Waals surface area contributed by atoms with Gasteiger partial charge in [-0.1, -0.05) is 54.1 Å². The fourth-order valence-electron chi connectivity index (χ4n) is 4.43. The molecule has 0 saturated carbocycles. The third-order valence-electron chi connectivity index (χ3n) is 6.32. The molecular weight excluding hydrogens is 436 g/mol. The fourth-order valence-corrected chi connectivity index (χ4v) is 4.63. The molecule has 4 aromatic rings. The van der Waals surface area contributed by atoms with Crippen molar-refractivity contribution in [2.45, 2.75) is 25.8 Å². The van der Waals surface area contributed by atoms with E-state index in [1.54, 1.807) is 6.20 Å². The molecule has 0 atom stereocenters. The van der Waals surface area contributed by atoms with E-state index >= 15 is 0 Å². The second kappa shape index (κ2) is 9.77. The van der Waals surface area contributed by atoms with E-state index in [9.17, 15) is 4.79 Å². The van der Waals surface area contributed by atoms with Crippen LogP contribution in [0.25, 0.3) is 17.0 Å². The second-order valence-electron chi connectivity index (χ2n) is 8.59. The Bertz CT molecular complexity index is 1240. The van der Waals surface area contributed by atoms with Gasteiger partial charge in [-0.15, -0.1) is 0 Å². The van der Waals surface area contributed by atoms with Crippen LogP contribution in [-0.4, -0.2) is 44.3 Å². The average molecular weight is 463 g/mol. The summed E-state index contributed by atoms with van der Waals surface area (Å²) in [6.45, 7) is 4.03. The average Bonchev–Trinajstić information content (AvgIpc) is 3.27. The van der Waals surface area contributed by atoms with Crippen molar-refractivity contribution in [2.24, 2.45) is 5.92 Å². The van der Waals surface area contributed by atoms with Crippen LogP contribution in [0.15, 0.2) is 65.6 Å². The monoisotopic (exact) mass is 462 g/mol.